The number of halogens is 2. The van der Waals surface area contributed by atoms with E-state index in [1.54, 1.807) is 0 Å². The first-order chi connectivity index (χ1) is 3.42. The quantitative estimate of drug-likeness (QED) is 0.538. The highest BCUT2D eigenvalue weighted by Gasteiger charge is 2.15. The summed E-state index contributed by atoms with van der Waals surface area (Å²) in [4.78, 5) is 10.3. The van der Waals surface area contributed by atoms with Gasteiger partial charge in [0, 0.05) is 10.7 Å². The standard InChI is InChI=1S/C5H8Br2O/c1-5(2,7)3-4(6)8/h3H2,1-2H3. The average Bonchev–Trinajstić information content (AvgIpc) is 1.21. The first-order valence-electron chi connectivity index (χ1n) is 2.29. The molecule has 0 aromatic heterocycles. The first kappa shape index (κ1) is 8.63. The third kappa shape index (κ3) is 6.63. The van der Waals surface area contributed by atoms with Crippen LogP contribution in [0.2, 0.25) is 0 Å². The van der Waals surface area contributed by atoms with Gasteiger partial charge in [0.25, 0.3) is 0 Å². The second-order valence-corrected chi connectivity index (χ2v) is 5.28. The van der Waals surface area contributed by atoms with Gasteiger partial charge in [0.1, 0.15) is 0 Å². The fraction of sp³-hybridized carbons (Fsp3) is 0.800. The summed E-state index contributed by atoms with van der Waals surface area (Å²) < 4.78 is -0.0208. The molecule has 0 heterocycles. The summed E-state index contributed by atoms with van der Waals surface area (Å²) in [6.07, 6.45) is 0.521. The van der Waals surface area contributed by atoms with Crippen molar-refractivity contribution >= 4 is 36.6 Å². The molecule has 1 nitrogen and oxygen atoms in total. The molecular weight excluding hydrogens is 236 g/mol. The first-order valence-corrected chi connectivity index (χ1v) is 3.88. The lowest BCUT2D eigenvalue weighted by Gasteiger charge is -2.11. The molecule has 0 spiro atoms. The predicted molar refractivity (Wildman–Crippen MR) is 41.6 cm³/mol. The third-order valence-corrected chi connectivity index (χ3v) is 1.12. The summed E-state index contributed by atoms with van der Waals surface area (Å²) in [5.74, 6) is 0. The molecule has 0 saturated heterocycles. The average molecular weight is 244 g/mol. The van der Waals surface area contributed by atoms with Gasteiger partial charge in [-0.1, -0.05) is 15.9 Å². The Balaban J connectivity index is 3.55. The monoisotopic (exact) mass is 242 g/mol. The van der Waals surface area contributed by atoms with Gasteiger partial charge in [0.05, 0.1) is 0 Å². The maximum atomic E-state index is 10.3. The summed E-state index contributed by atoms with van der Waals surface area (Å²) in [5.41, 5.74) is 0. The van der Waals surface area contributed by atoms with E-state index in [4.69, 9.17) is 0 Å². The van der Waals surface area contributed by atoms with Gasteiger partial charge in [-0.15, -0.1) is 0 Å². The van der Waals surface area contributed by atoms with Crippen LogP contribution in [0, 0.1) is 0 Å². The molecule has 0 saturated carbocycles. The van der Waals surface area contributed by atoms with Crippen molar-refractivity contribution in [1.82, 2.24) is 0 Å². The van der Waals surface area contributed by atoms with Crippen molar-refractivity contribution in [2.24, 2.45) is 0 Å². The van der Waals surface area contributed by atoms with Gasteiger partial charge >= 0.3 is 0 Å². The second kappa shape index (κ2) is 2.97. The van der Waals surface area contributed by atoms with Gasteiger partial charge in [-0.3, -0.25) is 4.79 Å². The number of rotatable bonds is 2. The van der Waals surface area contributed by atoms with Crippen LogP contribution >= 0.6 is 31.9 Å². The van der Waals surface area contributed by atoms with Gasteiger partial charge < -0.3 is 0 Å². The van der Waals surface area contributed by atoms with E-state index < -0.39 is 0 Å². The van der Waals surface area contributed by atoms with Crippen LogP contribution in [0.3, 0.4) is 0 Å². The van der Waals surface area contributed by atoms with E-state index in [0.29, 0.717) is 6.42 Å². The molecule has 0 bridgehead atoms. The molecular formula is C5H8Br2O. The smallest absolute Gasteiger partial charge is 0.199 e. The Hall–Kier alpha value is 0.630. The van der Waals surface area contributed by atoms with E-state index in [1.807, 2.05) is 13.8 Å². The summed E-state index contributed by atoms with van der Waals surface area (Å²) in [6, 6.07) is 0. The van der Waals surface area contributed by atoms with Crippen molar-refractivity contribution in [3.63, 3.8) is 0 Å². The second-order valence-electron chi connectivity index (χ2n) is 2.25. The molecule has 0 aromatic carbocycles. The molecule has 0 aliphatic rings. The Labute approximate surface area is 66.1 Å². The van der Waals surface area contributed by atoms with Crippen LogP contribution in [0.15, 0.2) is 0 Å². The van der Waals surface area contributed by atoms with Crippen LogP contribution in [0.4, 0.5) is 0 Å². The number of carbonyl (C=O) groups is 1. The molecule has 0 unspecified atom stereocenters. The van der Waals surface area contributed by atoms with Gasteiger partial charge in [0.15, 0.2) is 4.69 Å². The molecule has 3 heteroatoms. The van der Waals surface area contributed by atoms with Crippen molar-refractivity contribution in [3.05, 3.63) is 0 Å². The molecule has 0 rings (SSSR count). The van der Waals surface area contributed by atoms with Crippen LogP contribution in [0.5, 0.6) is 0 Å². The molecule has 0 aromatic rings. The fourth-order valence-corrected chi connectivity index (χ4v) is 1.66. The van der Waals surface area contributed by atoms with Crippen LogP contribution in [0.1, 0.15) is 20.3 Å². The summed E-state index contributed by atoms with van der Waals surface area (Å²) in [5, 5.41) is 0. The summed E-state index contributed by atoms with van der Waals surface area (Å²) >= 11 is 6.17. The lowest BCUT2D eigenvalue weighted by molar-refractivity contribution is -0.110. The summed E-state index contributed by atoms with van der Waals surface area (Å²) in [7, 11) is 0. The van der Waals surface area contributed by atoms with Crippen LogP contribution < -0.4 is 0 Å². The van der Waals surface area contributed by atoms with E-state index >= 15 is 0 Å². The molecule has 48 valence electrons. The highest BCUT2D eigenvalue weighted by molar-refractivity contribution is 9.18. The maximum absolute atomic E-state index is 10.3. The minimum Gasteiger partial charge on any atom is -0.287 e. The van der Waals surface area contributed by atoms with Crippen molar-refractivity contribution < 1.29 is 4.79 Å². The zero-order valence-corrected chi connectivity index (χ0v) is 8.04. The van der Waals surface area contributed by atoms with Crippen molar-refractivity contribution in [2.45, 2.75) is 24.6 Å². The molecule has 0 fully saturated rings. The zero-order chi connectivity index (χ0) is 6.78. The normalized spacial score (nSPS) is 11.5. The summed E-state index contributed by atoms with van der Waals surface area (Å²) in [6.45, 7) is 3.90. The minimum absolute atomic E-state index is 0.0411. The van der Waals surface area contributed by atoms with E-state index in [-0.39, 0.29) is 9.02 Å². The Morgan fingerprint density at radius 1 is 1.62 bits per heavy atom. The number of alkyl halides is 1. The molecule has 0 atom stereocenters. The van der Waals surface area contributed by atoms with Crippen molar-refractivity contribution in [3.8, 4) is 0 Å². The van der Waals surface area contributed by atoms with E-state index in [1.165, 1.54) is 0 Å². The van der Waals surface area contributed by atoms with E-state index in [0.717, 1.165) is 0 Å². The highest BCUT2D eigenvalue weighted by atomic mass is 79.9. The number of hydrogen-bond donors (Lipinski definition) is 0. The third-order valence-electron chi connectivity index (χ3n) is 0.559. The van der Waals surface area contributed by atoms with E-state index in [2.05, 4.69) is 31.9 Å². The van der Waals surface area contributed by atoms with Gasteiger partial charge in [-0.05, 0) is 29.8 Å². The molecule has 0 aliphatic heterocycles. The van der Waals surface area contributed by atoms with Gasteiger partial charge in [-0.2, -0.15) is 0 Å². The van der Waals surface area contributed by atoms with Crippen molar-refractivity contribution in [1.29, 1.82) is 0 Å². The Kier molecular flexibility index (Phi) is 3.20. The lowest BCUT2D eigenvalue weighted by Crippen LogP contribution is -2.11. The number of hydrogen-bond acceptors (Lipinski definition) is 1. The van der Waals surface area contributed by atoms with Gasteiger partial charge in [-0.25, -0.2) is 0 Å². The lowest BCUT2D eigenvalue weighted by atomic mass is 10.2. The minimum atomic E-state index is -0.0619. The van der Waals surface area contributed by atoms with Crippen LogP contribution in [0.25, 0.3) is 0 Å². The number of carbonyl (C=O) groups excluding carboxylic acids is 1. The molecule has 0 aliphatic carbocycles. The Morgan fingerprint density at radius 3 is 2.00 bits per heavy atom. The highest BCUT2D eigenvalue weighted by Crippen LogP contribution is 2.21. The molecule has 8 heavy (non-hydrogen) atoms. The molecule has 0 amide bonds. The fourth-order valence-electron chi connectivity index (χ4n) is 0.330. The van der Waals surface area contributed by atoms with Crippen molar-refractivity contribution in [2.75, 3.05) is 0 Å². The topological polar surface area (TPSA) is 17.1 Å². The SMILES string of the molecule is CC(C)(Br)CC(=O)Br. The van der Waals surface area contributed by atoms with Crippen LogP contribution in [-0.4, -0.2) is 9.02 Å². The molecule has 0 N–H and O–H groups in total. The zero-order valence-electron chi connectivity index (χ0n) is 4.87. The van der Waals surface area contributed by atoms with E-state index in [9.17, 15) is 4.79 Å². The Bertz CT molecular complexity index is 93.1. The predicted octanol–water partition coefficient (Wildman–Crippen LogP) is 2.47. The maximum Gasteiger partial charge on any atom is 0.199 e. The Morgan fingerprint density at radius 2 is 2.00 bits per heavy atom. The molecule has 0 radical (unpaired) electrons. The van der Waals surface area contributed by atoms with Gasteiger partial charge in [0.2, 0.25) is 0 Å². The largest absolute Gasteiger partial charge is 0.287 e. The van der Waals surface area contributed by atoms with Crippen LogP contribution in [-0.2, 0) is 4.79 Å².